The van der Waals surface area contributed by atoms with E-state index in [2.05, 4.69) is 65.4 Å². The van der Waals surface area contributed by atoms with Crippen LogP contribution in [-0.2, 0) is 10.2 Å². The smallest absolute Gasteiger partial charge is 0.337 e. The van der Waals surface area contributed by atoms with Crippen LogP contribution in [0.1, 0.15) is 32.6 Å². The Morgan fingerprint density at radius 3 is 1.70 bits per heavy atom. The second kappa shape index (κ2) is 10.5. The van der Waals surface area contributed by atoms with Crippen LogP contribution in [0.3, 0.4) is 0 Å². The van der Waals surface area contributed by atoms with Crippen LogP contribution in [0.25, 0.3) is 0 Å². The minimum absolute atomic E-state index is 0.270. The Morgan fingerprint density at radius 2 is 1.19 bits per heavy atom. The van der Waals surface area contributed by atoms with Crippen LogP contribution in [0, 0.1) is 5.82 Å². The summed E-state index contributed by atoms with van der Waals surface area (Å²) in [6.45, 7) is 0. The Kier molecular flexibility index (Phi) is 6.82. The van der Waals surface area contributed by atoms with Crippen molar-refractivity contribution < 1.29 is 18.7 Å². The molecular formula is C33H25FO3. The maximum Gasteiger partial charge on any atom is 0.337 e. The molecule has 0 saturated carbocycles. The molecule has 4 heteroatoms. The molecule has 37 heavy (non-hydrogen) atoms. The molecule has 182 valence electrons. The summed E-state index contributed by atoms with van der Waals surface area (Å²) in [6, 6.07) is 42.3. The second-order valence-electron chi connectivity index (χ2n) is 8.61. The zero-order chi connectivity index (χ0) is 25.7. The zero-order valence-electron chi connectivity index (χ0n) is 20.3. The van der Waals surface area contributed by atoms with Gasteiger partial charge in [0.2, 0.25) is 0 Å². The maximum absolute atomic E-state index is 13.2. The molecule has 0 atom stereocenters. The number of carbonyl (C=O) groups is 1. The first-order valence-corrected chi connectivity index (χ1v) is 12.0. The first kappa shape index (κ1) is 24.0. The molecule has 0 aromatic heterocycles. The van der Waals surface area contributed by atoms with Crippen molar-refractivity contribution in [3.05, 3.63) is 167 Å². The molecule has 2 aliphatic rings. The molecular weight excluding hydrogens is 463 g/mol. The van der Waals surface area contributed by atoms with Gasteiger partial charge in [-0.1, -0.05) is 84.9 Å². The topological polar surface area (TPSA) is 35.5 Å². The fourth-order valence-electron chi connectivity index (χ4n) is 4.73. The lowest BCUT2D eigenvalue weighted by molar-refractivity contribution is 0.0600. The maximum atomic E-state index is 13.2. The van der Waals surface area contributed by atoms with Gasteiger partial charge < -0.3 is 9.47 Å². The summed E-state index contributed by atoms with van der Waals surface area (Å²) < 4.78 is 23.9. The van der Waals surface area contributed by atoms with Crippen LogP contribution in [0.2, 0.25) is 0 Å². The average Bonchev–Trinajstić information content (AvgIpc) is 2.96. The molecule has 2 bridgehead atoms. The summed E-state index contributed by atoms with van der Waals surface area (Å²) >= 11 is 0. The van der Waals surface area contributed by atoms with Crippen molar-refractivity contribution in [1.29, 1.82) is 0 Å². The molecule has 0 amide bonds. The number of halogens is 1. The van der Waals surface area contributed by atoms with Crippen molar-refractivity contribution in [2.75, 3.05) is 7.11 Å². The Labute approximate surface area is 215 Å². The zero-order valence-corrected chi connectivity index (χ0v) is 20.3. The Bertz CT molecular complexity index is 1440. The highest BCUT2D eigenvalue weighted by Crippen LogP contribution is 2.55. The average molecular weight is 489 g/mol. The SMILES string of the molecule is COC(=O)c1ccccc1.Fc1ccc(Oc2ccc3cc2C3(c2ccccc2)c2ccccc2)cc1. The first-order valence-electron chi connectivity index (χ1n) is 12.0. The van der Waals surface area contributed by atoms with E-state index < -0.39 is 0 Å². The van der Waals surface area contributed by atoms with Gasteiger partial charge in [0.25, 0.3) is 0 Å². The van der Waals surface area contributed by atoms with Crippen molar-refractivity contribution in [2.24, 2.45) is 0 Å². The van der Waals surface area contributed by atoms with E-state index in [0.29, 0.717) is 11.3 Å². The molecule has 5 aromatic carbocycles. The molecule has 5 aromatic rings. The fourth-order valence-corrected chi connectivity index (χ4v) is 4.73. The number of hydrogen-bond donors (Lipinski definition) is 0. The van der Waals surface area contributed by atoms with Crippen LogP contribution in [-0.4, -0.2) is 13.1 Å². The lowest BCUT2D eigenvalue weighted by atomic mass is 9.58. The predicted molar refractivity (Wildman–Crippen MR) is 143 cm³/mol. The van der Waals surface area contributed by atoms with Gasteiger partial charge in [0.05, 0.1) is 18.1 Å². The van der Waals surface area contributed by atoms with Gasteiger partial charge in [-0.15, -0.1) is 0 Å². The number of esters is 1. The molecule has 0 heterocycles. The molecule has 0 saturated heterocycles. The first-order chi connectivity index (χ1) is 18.1. The fraction of sp³-hybridized carbons (Fsp3) is 0.0606. The van der Waals surface area contributed by atoms with Gasteiger partial charge in [0, 0.05) is 5.56 Å². The number of ether oxygens (including phenoxy) is 2. The number of carbonyl (C=O) groups excluding carboxylic acids is 1. The third kappa shape index (κ3) is 4.62. The quantitative estimate of drug-likeness (QED) is 0.232. The molecule has 0 N–H and O–H groups in total. The molecule has 7 rings (SSSR count). The van der Waals surface area contributed by atoms with E-state index in [1.807, 2.05) is 24.3 Å². The lowest BCUT2D eigenvalue weighted by Gasteiger charge is -2.44. The van der Waals surface area contributed by atoms with Gasteiger partial charge in [-0.3, -0.25) is 0 Å². The van der Waals surface area contributed by atoms with Crippen molar-refractivity contribution in [3.8, 4) is 11.5 Å². The van der Waals surface area contributed by atoms with Crippen LogP contribution < -0.4 is 4.74 Å². The van der Waals surface area contributed by atoms with Gasteiger partial charge in [-0.25, -0.2) is 9.18 Å². The molecule has 2 aliphatic carbocycles. The number of fused-ring (bicyclic) bond motifs is 2. The summed E-state index contributed by atoms with van der Waals surface area (Å²) in [6.07, 6.45) is 0. The highest BCUT2D eigenvalue weighted by atomic mass is 19.1. The van der Waals surface area contributed by atoms with E-state index in [4.69, 9.17) is 4.74 Å². The van der Waals surface area contributed by atoms with E-state index in [1.54, 1.807) is 36.4 Å². The molecule has 0 aliphatic heterocycles. The minimum Gasteiger partial charge on any atom is -0.465 e. The van der Waals surface area contributed by atoms with Crippen LogP contribution in [0.4, 0.5) is 4.39 Å². The third-order valence-electron chi connectivity index (χ3n) is 6.47. The van der Waals surface area contributed by atoms with Crippen LogP contribution in [0.15, 0.2) is 133 Å². The predicted octanol–water partition coefficient (Wildman–Crippen LogP) is 7.79. The Hall–Kier alpha value is -4.70. The van der Waals surface area contributed by atoms with E-state index in [1.165, 1.54) is 35.9 Å². The van der Waals surface area contributed by atoms with E-state index in [9.17, 15) is 9.18 Å². The second-order valence-corrected chi connectivity index (χ2v) is 8.61. The number of methoxy groups -OCH3 is 1. The van der Waals surface area contributed by atoms with E-state index in [-0.39, 0.29) is 17.2 Å². The summed E-state index contributed by atoms with van der Waals surface area (Å²) in [4.78, 5) is 10.8. The van der Waals surface area contributed by atoms with Gasteiger partial charge in [0.1, 0.15) is 17.3 Å². The number of hydrogen-bond acceptors (Lipinski definition) is 3. The highest BCUT2D eigenvalue weighted by Gasteiger charge is 2.47. The minimum atomic E-state index is -0.327. The van der Waals surface area contributed by atoms with Gasteiger partial charge in [-0.2, -0.15) is 0 Å². The largest absolute Gasteiger partial charge is 0.465 e. The Morgan fingerprint density at radius 1 is 0.649 bits per heavy atom. The summed E-state index contributed by atoms with van der Waals surface area (Å²) in [5.74, 6) is 0.861. The summed E-state index contributed by atoms with van der Waals surface area (Å²) in [7, 11) is 1.37. The van der Waals surface area contributed by atoms with E-state index >= 15 is 0 Å². The summed E-state index contributed by atoms with van der Waals surface area (Å²) in [5.41, 5.74) is 5.07. The van der Waals surface area contributed by atoms with Gasteiger partial charge in [0.15, 0.2) is 0 Å². The lowest BCUT2D eigenvalue weighted by Crippen LogP contribution is -2.37. The van der Waals surface area contributed by atoms with Crippen molar-refractivity contribution >= 4 is 5.97 Å². The molecule has 0 radical (unpaired) electrons. The highest BCUT2D eigenvalue weighted by molar-refractivity contribution is 5.89. The van der Waals surface area contributed by atoms with Gasteiger partial charge >= 0.3 is 5.97 Å². The molecule has 0 spiro atoms. The monoisotopic (exact) mass is 488 g/mol. The van der Waals surface area contributed by atoms with Gasteiger partial charge in [-0.05, 0) is 65.2 Å². The van der Waals surface area contributed by atoms with E-state index in [0.717, 1.165) is 11.3 Å². The van der Waals surface area contributed by atoms with Crippen LogP contribution in [0.5, 0.6) is 11.5 Å². The van der Waals surface area contributed by atoms with Crippen molar-refractivity contribution in [2.45, 2.75) is 5.41 Å². The molecule has 0 unspecified atom stereocenters. The summed E-state index contributed by atoms with van der Waals surface area (Å²) in [5, 5.41) is 0. The van der Waals surface area contributed by atoms with Crippen molar-refractivity contribution in [1.82, 2.24) is 0 Å². The molecule has 3 nitrogen and oxygen atoms in total. The normalized spacial score (nSPS) is 12.4. The number of benzene rings is 5. The Balaban J connectivity index is 0.000000237. The van der Waals surface area contributed by atoms with Crippen molar-refractivity contribution in [3.63, 3.8) is 0 Å². The third-order valence-corrected chi connectivity index (χ3v) is 6.47. The standard InChI is InChI=1S/C25H17FO.C8H8O2/c26-21-12-14-22(15-13-21)27-24-16-11-20-17-23(24)25(20,18-7-3-1-4-8-18)19-9-5-2-6-10-19;1-10-8(9)7-5-3-2-4-6-7/h1-17H;2-6H,1H3. The molecule has 0 fully saturated rings. The number of rotatable bonds is 5. The van der Waals surface area contributed by atoms with Crippen LogP contribution >= 0.6 is 0 Å².